The van der Waals surface area contributed by atoms with E-state index in [1.165, 1.54) is 23.6 Å². The van der Waals surface area contributed by atoms with Crippen molar-refractivity contribution in [1.29, 1.82) is 0 Å². The minimum atomic E-state index is -3.86. The summed E-state index contributed by atoms with van der Waals surface area (Å²) in [6.07, 6.45) is 3.23. The van der Waals surface area contributed by atoms with E-state index in [9.17, 15) is 8.42 Å². The van der Waals surface area contributed by atoms with Gasteiger partial charge in [0.05, 0.1) is 5.02 Å². The summed E-state index contributed by atoms with van der Waals surface area (Å²) in [6, 6.07) is 14.0. The highest BCUT2D eigenvalue weighted by atomic mass is 35.5. The maximum Gasteiger partial charge on any atom is 0.265 e. The third-order valence-corrected chi connectivity index (χ3v) is 7.08. The summed E-state index contributed by atoms with van der Waals surface area (Å²) in [4.78, 5) is 5.83. The van der Waals surface area contributed by atoms with Gasteiger partial charge in [-0.2, -0.15) is 5.10 Å². The van der Waals surface area contributed by atoms with Crippen molar-refractivity contribution in [2.24, 2.45) is 0 Å². The summed E-state index contributed by atoms with van der Waals surface area (Å²) in [5.74, 6) is 0.664. The molecule has 154 valence electrons. The Morgan fingerprint density at radius 3 is 2.53 bits per heavy atom. The number of sulfonamides is 1. The molecular formula is C19H15Cl2N5O2S2. The molecule has 0 unspecified atom stereocenters. The van der Waals surface area contributed by atoms with Gasteiger partial charge in [0, 0.05) is 41.1 Å². The second kappa shape index (κ2) is 8.65. The smallest absolute Gasteiger partial charge is 0.265 e. The van der Waals surface area contributed by atoms with E-state index in [0.29, 0.717) is 23.1 Å². The first-order valence-corrected chi connectivity index (χ1v) is 11.8. The molecule has 0 amide bonds. The topological polar surface area (TPSA) is 91.0 Å². The third-order valence-electron chi connectivity index (χ3n) is 4.19. The van der Waals surface area contributed by atoms with Crippen LogP contribution in [0.5, 0.6) is 0 Å². The van der Waals surface area contributed by atoms with Crippen molar-refractivity contribution < 1.29 is 8.42 Å². The molecule has 0 spiro atoms. The Labute approximate surface area is 187 Å². The van der Waals surface area contributed by atoms with Crippen LogP contribution < -0.4 is 9.62 Å². The quantitative estimate of drug-likeness (QED) is 0.374. The van der Waals surface area contributed by atoms with Crippen LogP contribution in [0.1, 0.15) is 5.56 Å². The number of rotatable bonds is 7. The van der Waals surface area contributed by atoms with Crippen LogP contribution in [-0.2, 0) is 16.6 Å². The molecule has 0 saturated heterocycles. The van der Waals surface area contributed by atoms with E-state index in [1.807, 2.05) is 35.2 Å². The molecule has 30 heavy (non-hydrogen) atoms. The number of benzene rings is 2. The van der Waals surface area contributed by atoms with E-state index in [2.05, 4.69) is 19.9 Å². The summed E-state index contributed by atoms with van der Waals surface area (Å²) in [5, 5.41) is 9.74. The highest BCUT2D eigenvalue weighted by Crippen LogP contribution is 2.32. The number of nitrogens with zero attached hydrogens (tertiary/aromatic N) is 3. The molecule has 0 fully saturated rings. The Bertz CT molecular complexity index is 1230. The Morgan fingerprint density at radius 2 is 1.90 bits per heavy atom. The van der Waals surface area contributed by atoms with E-state index >= 15 is 0 Å². The summed E-state index contributed by atoms with van der Waals surface area (Å²) >= 11 is 13.5. The molecule has 0 bridgehead atoms. The molecular weight excluding hydrogens is 465 g/mol. The van der Waals surface area contributed by atoms with E-state index in [0.717, 1.165) is 5.56 Å². The minimum absolute atomic E-state index is 0.0309. The standard InChI is InChI=1S/C19H15Cl2N5O2S2/c20-14-3-1-13(2-4-14)12-26(18-7-8-23-24-18)15-5-6-17(16(21)11-15)30(27,28)25-19-22-9-10-29-19/h1-11H,12H2,(H,22,25)(H,23,24). The van der Waals surface area contributed by atoms with Crippen LogP contribution in [0.4, 0.5) is 16.6 Å². The number of aromatic nitrogens is 3. The number of halogens is 2. The fourth-order valence-electron chi connectivity index (χ4n) is 2.80. The first-order chi connectivity index (χ1) is 14.4. The largest absolute Gasteiger partial charge is 0.320 e. The van der Waals surface area contributed by atoms with Crippen molar-refractivity contribution in [3.8, 4) is 0 Å². The van der Waals surface area contributed by atoms with Crippen molar-refractivity contribution in [3.05, 3.63) is 81.9 Å². The molecule has 0 aliphatic heterocycles. The van der Waals surface area contributed by atoms with Gasteiger partial charge in [0.2, 0.25) is 0 Å². The van der Waals surface area contributed by atoms with Gasteiger partial charge in [-0.1, -0.05) is 35.3 Å². The highest BCUT2D eigenvalue weighted by molar-refractivity contribution is 7.93. The van der Waals surface area contributed by atoms with Crippen LogP contribution in [-0.4, -0.2) is 23.6 Å². The molecule has 2 aromatic heterocycles. The average molecular weight is 480 g/mol. The zero-order valence-electron chi connectivity index (χ0n) is 15.3. The van der Waals surface area contributed by atoms with Gasteiger partial charge in [0.15, 0.2) is 10.9 Å². The van der Waals surface area contributed by atoms with Crippen LogP contribution in [0.15, 0.2) is 71.2 Å². The van der Waals surface area contributed by atoms with Crippen molar-refractivity contribution in [2.75, 3.05) is 9.62 Å². The van der Waals surface area contributed by atoms with Gasteiger partial charge in [-0.25, -0.2) is 13.4 Å². The van der Waals surface area contributed by atoms with Crippen LogP contribution in [0.25, 0.3) is 0 Å². The van der Waals surface area contributed by atoms with Gasteiger partial charge >= 0.3 is 0 Å². The number of anilines is 3. The molecule has 7 nitrogen and oxygen atoms in total. The van der Waals surface area contributed by atoms with Gasteiger partial charge in [-0.3, -0.25) is 9.82 Å². The summed E-state index contributed by atoms with van der Waals surface area (Å²) < 4.78 is 27.8. The number of aromatic amines is 1. The van der Waals surface area contributed by atoms with E-state index in [4.69, 9.17) is 23.2 Å². The van der Waals surface area contributed by atoms with Gasteiger partial charge in [0.1, 0.15) is 4.90 Å². The predicted molar refractivity (Wildman–Crippen MR) is 120 cm³/mol. The molecule has 0 saturated carbocycles. The van der Waals surface area contributed by atoms with Crippen molar-refractivity contribution in [2.45, 2.75) is 11.4 Å². The lowest BCUT2D eigenvalue weighted by molar-refractivity contribution is 0.601. The number of H-pyrrole nitrogens is 1. The Balaban J connectivity index is 1.66. The summed E-state index contributed by atoms with van der Waals surface area (Å²) in [5.41, 5.74) is 1.69. The fraction of sp³-hybridized carbons (Fsp3) is 0.0526. The van der Waals surface area contributed by atoms with Gasteiger partial charge in [-0.05, 0) is 35.9 Å². The molecule has 4 rings (SSSR count). The molecule has 0 radical (unpaired) electrons. The Hall–Kier alpha value is -2.59. The molecule has 4 aromatic rings. The van der Waals surface area contributed by atoms with Crippen LogP contribution in [0.3, 0.4) is 0 Å². The molecule has 2 N–H and O–H groups in total. The number of hydrogen-bond acceptors (Lipinski definition) is 6. The van der Waals surface area contributed by atoms with Crippen LogP contribution in [0, 0.1) is 0 Å². The van der Waals surface area contributed by atoms with Gasteiger partial charge < -0.3 is 4.90 Å². The van der Waals surface area contributed by atoms with Gasteiger partial charge in [-0.15, -0.1) is 11.3 Å². The zero-order chi connectivity index (χ0) is 21.1. The lowest BCUT2D eigenvalue weighted by Crippen LogP contribution is -2.18. The Morgan fingerprint density at radius 1 is 1.10 bits per heavy atom. The summed E-state index contributed by atoms with van der Waals surface area (Å²) in [6.45, 7) is 0.488. The van der Waals surface area contributed by atoms with Crippen molar-refractivity contribution in [3.63, 3.8) is 0 Å². The molecule has 0 atom stereocenters. The second-order valence-electron chi connectivity index (χ2n) is 6.20. The molecule has 0 aliphatic rings. The zero-order valence-corrected chi connectivity index (χ0v) is 18.4. The predicted octanol–water partition coefficient (Wildman–Crippen LogP) is 5.31. The molecule has 11 heteroatoms. The Kier molecular flexibility index (Phi) is 5.96. The lowest BCUT2D eigenvalue weighted by Gasteiger charge is -2.23. The normalized spacial score (nSPS) is 11.4. The van der Waals surface area contributed by atoms with E-state index in [-0.39, 0.29) is 15.0 Å². The monoisotopic (exact) mass is 479 g/mol. The first-order valence-electron chi connectivity index (χ1n) is 8.66. The van der Waals surface area contributed by atoms with E-state index < -0.39 is 10.0 Å². The van der Waals surface area contributed by atoms with Crippen LogP contribution >= 0.6 is 34.5 Å². The lowest BCUT2D eigenvalue weighted by atomic mass is 10.2. The minimum Gasteiger partial charge on any atom is -0.320 e. The fourth-order valence-corrected chi connectivity index (χ4v) is 5.25. The third kappa shape index (κ3) is 4.59. The highest BCUT2D eigenvalue weighted by Gasteiger charge is 2.21. The number of hydrogen-bond donors (Lipinski definition) is 2. The summed E-state index contributed by atoms with van der Waals surface area (Å²) in [7, 11) is -3.86. The van der Waals surface area contributed by atoms with Crippen molar-refractivity contribution >= 4 is 61.2 Å². The molecule has 2 heterocycles. The molecule has 0 aliphatic carbocycles. The SMILES string of the molecule is O=S(=O)(Nc1nccs1)c1ccc(N(Cc2ccc(Cl)cc2)c2cc[nH]n2)cc1Cl. The number of thiazole rings is 1. The van der Waals surface area contributed by atoms with Crippen LogP contribution in [0.2, 0.25) is 10.0 Å². The van der Waals surface area contributed by atoms with E-state index in [1.54, 1.807) is 23.7 Å². The molecule has 2 aromatic carbocycles. The van der Waals surface area contributed by atoms with Gasteiger partial charge in [0.25, 0.3) is 10.0 Å². The number of nitrogens with one attached hydrogen (secondary N) is 2. The maximum atomic E-state index is 12.7. The van der Waals surface area contributed by atoms with Crippen molar-refractivity contribution in [1.82, 2.24) is 15.2 Å². The second-order valence-corrected chi connectivity index (χ2v) is 9.59. The first kappa shape index (κ1) is 20.7. The maximum absolute atomic E-state index is 12.7. The average Bonchev–Trinajstić information content (AvgIpc) is 3.41.